The number of hydrogen-bond acceptors (Lipinski definition) is 3. The standard InChI is InChI=1S/C20H29Cl2N3O/c21-16-8-7-15(13-17(16)22)14-20(26)25(12-9-23)19-6-2-1-5-18(19)24-10-3-4-11-24/h7-8,13,18-19H,1-6,9-12,14,23H2/t18-,19-/m0/s1. The monoisotopic (exact) mass is 397 g/mol. The van der Waals surface area contributed by atoms with Crippen LogP contribution in [0.3, 0.4) is 0 Å². The van der Waals surface area contributed by atoms with Gasteiger partial charge in [0.25, 0.3) is 0 Å². The van der Waals surface area contributed by atoms with E-state index in [2.05, 4.69) is 4.90 Å². The molecule has 1 aromatic carbocycles. The average molecular weight is 398 g/mol. The van der Waals surface area contributed by atoms with Gasteiger partial charge in [-0.3, -0.25) is 9.69 Å². The van der Waals surface area contributed by atoms with Gasteiger partial charge >= 0.3 is 0 Å². The van der Waals surface area contributed by atoms with Crippen molar-refractivity contribution < 1.29 is 4.79 Å². The normalized spacial score (nSPS) is 24.0. The summed E-state index contributed by atoms with van der Waals surface area (Å²) in [4.78, 5) is 17.8. The van der Waals surface area contributed by atoms with Crippen molar-refractivity contribution in [3.8, 4) is 0 Å². The molecular weight excluding hydrogens is 369 g/mol. The number of carbonyl (C=O) groups is 1. The van der Waals surface area contributed by atoms with Crippen LogP contribution in [0, 0.1) is 0 Å². The molecule has 0 unspecified atom stereocenters. The lowest BCUT2D eigenvalue weighted by molar-refractivity contribution is -0.135. The zero-order valence-electron chi connectivity index (χ0n) is 15.3. The molecule has 1 amide bonds. The summed E-state index contributed by atoms with van der Waals surface area (Å²) in [7, 11) is 0. The first-order valence-corrected chi connectivity index (χ1v) is 10.5. The Labute approximate surface area is 166 Å². The fourth-order valence-corrected chi connectivity index (χ4v) is 4.82. The SMILES string of the molecule is NCCN(C(=O)Cc1ccc(Cl)c(Cl)c1)[C@H]1CCCC[C@@H]1N1CCCC1. The largest absolute Gasteiger partial charge is 0.337 e. The summed E-state index contributed by atoms with van der Waals surface area (Å²) in [5.41, 5.74) is 6.77. The van der Waals surface area contributed by atoms with Crippen molar-refractivity contribution >= 4 is 29.1 Å². The van der Waals surface area contributed by atoms with Crippen molar-refractivity contribution in [2.24, 2.45) is 5.73 Å². The van der Waals surface area contributed by atoms with Crippen LogP contribution in [0.2, 0.25) is 10.0 Å². The summed E-state index contributed by atoms with van der Waals surface area (Å²) in [6, 6.07) is 6.19. The highest BCUT2D eigenvalue weighted by atomic mass is 35.5. The van der Waals surface area contributed by atoms with Crippen LogP contribution in [0.4, 0.5) is 0 Å². The summed E-state index contributed by atoms with van der Waals surface area (Å²) in [6.07, 6.45) is 7.61. The first-order valence-electron chi connectivity index (χ1n) is 9.77. The predicted molar refractivity (Wildman–Crippen MR) is 108 cm³/mol. The highest BCUT2D eigenvalue weighted by molar-refractivity contribution is 6.42. The quantitative estimate of drug-likeness (QED) is 0.795. The van der Waals surface area contributed by atoms with Gasteiger partial charge in [-0.25, -0.2) is 0 Å². The molecule has 1 aliphatic carbocycles. The van der Waals surface area contributed by atoms with Crippen LogP contribution in [0.25, 0.3) is 0 Å². The van der Waals surface area contributed by atoms with Crippen LogP contribution in [0.5, 0.6) is 0 Å². The van der Waals surface area contributed by atoms with E-state index in [0.717, 1.165) is 12.0 Å². The second-order valence-corrected chi connectivity index (χ2v) is 8.28. The van der Waals surface area contributed by atoms with Crippen molar-refractivity contribution in [1.82, 2.24) is 9.80 Å². The van der Waals surface area contributed by atoms with Gasteiger partial charge < -0.3 is 10.6 Å². The molecule has 144 valence electrons. The van der Waals surface area contributed by atoms with Gasteiger partial charge in [-0.2, -0.15) is 0 Å². The molecule has 0 aromatic heterocycles. The number of benzene rings is 1. The maximum absolute atomic E-state index is 13.1. The highest BCUT2D eigenvalue weighted by Crippen LogP contribution is 2.30. The Kier molecular flexibility index (Phi) is 7.21. The summed E-state index contributed by atoms with van der Waals surface area (Å²) in [5.74, 6) is 0.143. The minimum Gasteiger partial charge on any atom is -0.337 e. The van der Waals surface area contributed by atoms with E-state index in [4.69, 9.17) is 28.9 Å². The molecule has 4 nitrogen and oxygen atoms in total. The smallest absolute Gasteiger partial charge is 0.227 e. The minimum atomic E-state index is 0.143. The number of nitrogens with two attached hydrogens (primary N) is 1. The third-order valence-electron chi connectivity index (χ3n) is 5.73. The lowest BCUT2D eigenvalue weighted by atomic mass is 9.87. The van der Waals surface area contributed by atoms with Gasteiger partial charge in [0.15, 0.2) is 0 Å². The van der Waals surface area contributed by atoms with Crippen LogP contribution in [0.15, 0.2) is 18.2 Å². The summed E-state index contributed by atoms with van der Waals surface area (Å²) >= 11 is 12.1. The number of carbonyl (C=O) groups excluding carboxylic acids is 1. The number of nitrogens with zero attached hydrogens (tertiary/aromatic N) is 2. The average Bonchev–Trinajstić information content (AvgIpc) is 3.17. The van der Waals surface area contributed by atoms with E-state index in [0.29, 0.717) is 35.6 Å². The molecule has 2 fully saturated rings. The van der Waals surface area contributed by atoms with Gasteiger partial charge in [-0.15, -0.1) is 0 Å². The molecule has 2 atom stereocenters. The molecule has 0 radical (unpaired) electrons. The number of amides is 1. The van der Waals surface area contributed by atoms with Gasteiger partial charge in [0.2, 0.25) is 5.91 Å². The zero-order chi connectivity index (χ0) is 18.5. The maximum Gasteiger partial charge on any atom is 0.227 e. The Hall–Kier alpha value is -0.810. The number of halogens is 2. The third-order valence-corrected chi connectivity index (χ3v) is 6.47. The van der Waals surface area contributed by atoms with Gasteiger partial charge in [-0.05, 0) is 56.5 Å². The lowest BCUT2D eigenvalue weighted by Crippen LogP contribution is -2.55. The Morgan fingerprint density at radius 3 is 2.54 bits per heavy atom. The van der Waals surface area contributed by atoms with Gasteiger partial charge in [-0.1, -0.05) is 42.1 Å². The summed E-state index contributed by atoms with van der Waals surface area (Å²) in [5, 5.41) is 1.01. The van der Waals surface area contributed by atoms with Crippen LogP contribution in [0.1, 0.15) is 44.1 Å². The van der Waals surface area contributed by atoms with Crippen molar-refractivity contribution in [1.29, 1.82) is 0 Å². The molecule has 6 heteroatoms. The third kappa shape index (κ3) is 4.72. The molecule has 1 heterocycles. The zero-order valence-corrected chi connectivity index (χ0v) is 16.8. The van der Waals surface area contributed by atoms with E-state index < -0.39 is 0 Å². The van der Waals surface area contributed by atoms with Crippen LogP contribution < -0.4 is 5.73 Å². The molecule has 1 aromatic rings. The van der Waals surface area contributed by atoms with Gasteiger partial charge in [0, 0.05) is 25.2 Å². The van der Waals surface area contributed by atoms with E-state index in [-0.39, 0.29) is 11.9 Å². The second-order valence-electron chi connectivity index (χ2n) is 7.46. The molecule has 3 rings (SSSR count). The van der Waals surface area contributed by atoms with Crippen molar-refractivity contribution in [3.63, 3.8) is 0 Å². The second kappa shape index (κ2) is 9.41. The number of hydrogen-bond donors (Lipinski definition) is 1. The van der Waals surface area contributed by atoms with Crippen molar-refractivity contribution in [2.75, 3.05) is 26.2 Å². The van der Waals surface area contributed by atoms with E-state index in [1.165, 1.54) is 45.2 Å². The molecule has 2 N–H and O–H groups in total. The van der Waals surface area contributed by atoms with E-state index >= 15 is 0 Å². The Morgan fingerprint density at radius 2 is 1.85 bits per heavy atom. The van der Waals surface area contributed by atoms with Crippen molar-refractivity contribution in [3.05, 3.63) is 33.8 Å². The molecule has 1 aliphatic heterocycles. The highest BCUT2D eigenvalue weighted by Gasteiger charge is 2.36. The summed E-state index contributed by atoms with van der Waals surface area (Å²) in [6.45, 7) is 3.45. The van der Waals surface area contributed by atoms with Crippen LogP contribution >= 0.6 is 23.2 Å². The molecule has 2 aliphatic rings. The number of rotatable bonds is 6. The lowest BCUT2D eigenvalue weighted by Gasteiger charge is -2.44. The first kappa shape index (κ1) is 19.9. The first-order chi connectivity index (χ1) is 12.6. The molecule has 1 saturated heterocycles. The van der Waals surface area contributed by atoms with Gasteiger partial charge in [0.1, 0.15) is 0 Å². The topological polar surface area (TPSA) is 49.6 Å². The fourth-order valence-electron chi connectivity index (χ4n) is 4.49. The number of likely N-dealkylation sites (tertiary alicyclic amines) is 1. The maximum atomic E-state index is 13.1. The Morgan fingerprint density at radius 1 is 1.12 bits per heavy atom. The molecule has 0 spiro atoms. The van der Waals surface area contributed by atoms with E-state index in [9.17, 15) is 4.79 Å². The fraction of sp³-hybridized carbons (Fsp3) is 0.650. The summed E-state index contributed by atoms with van der Waals surface area (Å²) < 4.78 is 0. The van der Waals surface area contributed by atoms with Crippen molar-refractivity contribution in [2.45, 2.75) is 57.0 Å². The van der Waals surface area contributed by atoms with E-state index in [1.807, 2.05) is 11.0 Å². The van der Waals surface area contributed by atoms with E-state index in [1.54, 1.807) is 12.1 Å². The Bertz CT molecular complexity index is 619. The van der Waals surface area contributed by atoms with Crippen LogP contribution in [-0.4, -0.2) is 54.0 Å². The van der Waals surface area contributed by atoms with Crippen LogP contribution in [-0.2, 0) is 11.2 Å². The van der Waals surface area contributed by atoms with Gasteiger partial charge in [0.05, 0.1) is 16.5 Å². The molecule has 0 bridgehead atoms. The molecule has 26 heavy (non-hydrogen) atoms. The molecular formula is C20H29Cl2N3O. The molecule has 1 saturated carbocycles. The Balaban J connectivity index is 1.75. The minimum absolute atomic E-state index is 0.143. The predicted octanol–water partition coefficient (Wildman–Crippen LogP) is 3.73.